The Labute approximate surface area is 86.7 Å². The molecule has 3 nitrogen and oxygen atoms in total. The van der Waals surface area contributed by atoms with E-state index in [0.29, 0.717) is 11.3 Å². The van der Waals surface area contributed by atoms with E-state index in [1.807, 2.05) is 0 Å². The van der Waals surface area contributed by atoms with Gasteiger partial charge < -0.3 is 9.57 Å². The predicted molar refractivity (Wildman–Crippen MR) is 51.8 cm³/mol. The summed E-state index contributed by atoms with van der Waals surface area (Å²) in [5.74, 6) is 0.0568. The van der Waals surface area contributed by atoms with Gasteiger partial charge in [0.1, 0.15) is 11.6 Å². The normalized spacial score (nSPS) is 10.3. The lowest BCUT2D eigenvalue weighted by Crippen LogP contribution is -2.12. The van der Waals surface area contributed by atoms with Gasteiger partial charge in [0.25, 0.3) is 0 Å². The van der Waals surface area contributed by atoms with E-state index in [1.54, 1.807) is 6.07 Å². The van der Waals surface area contributed by atoms with Crippen LogP contribution in [0.15, 0.2) is 12.1 Å². The van der Waals surface area contributed by atoms with Gasteiger partial charge in [-0.25, -0.2) is 4.39 Å². The summed E-state index contributed by atoms with van der Waals surface area (Å²) in [6, 6.07) is 2.99. The smallest absolute Gasteiger partial charge is 0.146 e. The maximum absolute atomic E-state index is 13.4. The van der Waals surface area contributed by atoms with Crippen molar-refractivity contribution in [3.63, 3.8) is 0 Å². The quantitative estimate of drug-likeness (QED) is 0.787. The monoisotopic (exact) mass is 219 g/mol. The summed E-state index contributed by atoms with van der Waals surface area (Å²) in [5, 5.41) is 0.0391. The zero-order chi connectivity index (χ0) is 10.6. The Morgan fingerprint density at radius 3 is 2.71 bits per heavy atom. The number of halogens is 2. The van der Waals surface area contributed by atoms with Crippen LogP contribution in [-0.2, 0) is 11.4 Å². The van der Waals surface area contributed by atoms with Gasteiger partial charge in [-0.2, -0.15) is 5.48 Å². The number of ether oxygens (including phenoxy) is 1. The van der Waals surface area contributed by atoms with Crippen molar-refractivity contribution in [1.82, 2.24) is 5.48 Å². The lowest BCUT2D eigenvalue weighted by molar-refractivity contribution is 0.0859. The first-order valence-electron chi connectivity index (χ1n) is 3.96. The second-order valence-electron chi connectivity index (χ2n) is 2.61. The molecule has 0 fully saturated rings. The Morgan fingerprint density at radius 2 is 2.14 bits per heavy atom. The number of hydrogen-bond donors (Lipinski definition) is 1. The molecule has 0 aliphatic carbocycles. The number of rotatable bonds is 4. The third kappa shape index (κ3) is 2.57. The molecule has 1 N–H and O–H groups in total. The van der Waals surface area contributed by atoms with Crippen LogP contribution in [0.1, 0.15) is 5.56 Å². The van der Waals surface area contributed by atoms with Gasteiger partial charge in [-0.15, -0.1) is 0 Å². The summed E-state index contributed by atoms with van der Waals surface area (Å²) < 4.78 is 18.3. The SMILES string of the molecule is CONCc1cc(OC)cc(Cl)c1F. The van der Waals surface area contributed by atoms with Gasteiger partial charge >= 0.3 is 0 Å². The van der Waals surface area contributed by atoms with Gasteiger partial charge in [-0.05, 0) is 6.07 Å². The predicted octanol–water partition coefficient (Wildman–Crippen LogP) is 2.14. The Morgan fingerprint density at radius 1 is 1.43 bits per heavy atom. The first-order chi connectivity index (χ1) is 6.69. The molecule has 0 atom stereocenters. The average molecular weight is 220 g/mol. The summed E-state index contributed by atoms with van der Waals surface area (Å²) in [6.45, 7) is 0.235. The first kappa shape index (κ1) is 11.2. The Hall–Kier alpha value is -0.840. The van der Waals surface area contributed by atoms with Crippen molar-refractivity contribution in [3.05, 3.63) is 28.5 Å². The average Bonchev–Trinajstić information content (AvgIpc) is 2.20. The number of nitrogens with one attached hydrogen (secondary N) is 1. The van der Waals surface area contributed by atoms with E-state index in [1.165, 1.54) is 20.3 Å². The molecule has 1 aromatic carbocycles. The molecule has 0 amide bonds. The summed E-state index contributed by atoms with van der Waals surface area (Å²) in [6.07, 6.45) is 0. The fraction of sp³-hybridized carbons (Fsp3) is 0.333. The van der Waals surface area contributed by atoms with Crippen molar-refractivity contribution in [1.29, 1.82) is 0 Å². The highest BCUT2D eigenvalue weighted by Crippen LogP contribution is 2.25. The minimum absolute atomic E-state index is 0.0391. The van der Waals surface area contributed by atoms with E-state index in [9.17, 15) is 4.39 Å². The molecule has 0 aliphatic rings. The van der Waals surface area contributed by atoms with Gasteiger partial charge in [0, 0.05) is 18.2 Å². The second kappa shape index (κ2) is 5.14. The highest BCUT2D eigenvalue weighted by molar-refractivity contribution is 6.30. The summed E-state index contributed by atoms with van der Waals surface area (Å²) in [7, 11) is 2.96. The van der Waals surface area contributed by atoms with Crippen LogP contribution in [0.3, 0.4) is 0 Å². The molecular formula is C9H11ClFNO2. The van der Waals surface area contributed by atoms with Crippen molar-refractivity contribution < 1.29 is 14.0 Å². The minimum Gasteiger partial charge on any atom is -0.497 e. The highest BCUT2D eigenvalue weighted by Gasteiger charge is 2.09. The molecule has 78 valence electrons. The van der Waals surface area contributed by atoms with Crippen LogP contribution in [-0.4, -0.2) is 14.2 Å². The largest absolute Gasteiger partial charge is 0.497 e. The minimum atomic E-state index is -0.461. The molecule has 0 bridgehead atoms. The topological polar surface area (TPSA) is 30.5 Å². The molecule has 0 aromatic heterocycles. The van der Waals surface area contributed by atoms with Gasteiger partial charge in [0.15, 0.2) is 0 Å². The highest BCUT2D eigenvalue weighted by atomic mass is 35.5. The third-order valence-electron chi connectivity index (χ3n) is 1.72. The Bertz CT molecular complexity index is 320. The molecule has 0 saturated heterocycles. The fourth-order valence-electron chi connectivity index (χ4n) is 1.01. The Balaban J connectivity index is 2.95. The maximum atomic E-state index is 13.4. The zero-order valence-corrected chi connectivity index (χ0v) is 8.69. The second-order valence-corrected chi connectivity index (χ2v) is 3.01. The summed E-state index contributed by atoms with van der Waals surface area (Å²) >= 11 is 5.65. The molecular weight excluding hydrogens is 209 g/mol. The van der Waals surface area contributed by atoms with Crippen LogP contribution in [0.25, 0.3) is 0 Å². The van der Waals surface area contributed by atoms with Crippen LogP contribution in [0.4, 0.5) is 4.39 Å². The van der Waals surface area contributed by atoms with E-state index in [-0.39, 0.29) is 11.6 Å². The fourth-order valence-corrected chi connectivity index (χ4v) is 1.24. The van der Waals surface area contributed by atoms with Gasteiger partial charge in [-0.3, -0.25) is 0 Å². The molecule has 0 radical (unpaired) electrons. The van der Waals surface area contributed by atoms with Crippen molar-refractivity contribution in [2.24, 2.45) is 0 Å². The van der Waals surface area contributed by atoms with Gasteiger partial charge in [-0.1, -0.05) is 11.6 Å². The molecule has 1 aromatic rings. The molecule has 1 rings (SSSR count). The van der Waals surface area contributed by atoms with E-state index < -0.39 is 5.82 Å². The third-order valence-corrected chi connectivity index (χ3v) is 1.99. The van der Waals surface area contributed by atoms with E-state index in [0.717, 1.165) is 0 Å². The van der Waals surface area contributed by atoms with Gasteiger partial charge in [0.05, 0.1) is 19.2 Å². The standard InChI is InChI=1S/C9H11ClFNO2/c1-13-7-3-6(5-12-14-2)9(11)8(10)4-7/h3-4,12H,5H2,1-2H3. The molecule has 0 unspecified atom stereocenters. The summed E-state index contributed by atoms with van der Waals surface area (Å²) in [5.41, 5.74) is 2.93. The molecule has 0 aliphatic heterocycles. The van der Waals surface area contributed by atoms with Crippen molar-refractivity contribution in [2.75, 3.05) is 14.2 Å². The van der Waals surface area contributed by atoms with E-state index >= 15 is 0 Å². The van der Waals surface area contributed by atoms with Crippen LogP contribution in [0.5, 0.6) is 5.75 Å². The van der Waals surface area contributed by atoms with Crippen LogP contribution in [0, 0.1) is 5.82 Å². The zero-order valence-electron chi connectivity index (χ0n) is 7.93. The maximum Gasteiger partial charge on any atom is 0.146 e. The van der Waals surface area contributed by atoms with Crippen LogP contribution < -0.4 is 10.2 Å². The molecule has 5 heteroatoms. The van der Waals surface area contributed by atoms with E-state index in [2.05, 4.69) is 10.3 Å². The number of hydrogen-bond acceptors (Lipinski definition) is 3. The lowest BCUT2D eigenvalue weighted by atomic mass is 10.2. The number of benzene rings is 1. The first-order valence-corrected chi connectivity index (χ1v) is 4.34. The summed E-state index contributed by atoms with van der Waals surface area (Å²) in [4.78, 5) is 4.61. The van der Waals surface area contributed by atoms with Crippen molar-refractivity contribution in [2.45, 2.75) is 6.54 Å². The lowest BCUT2D eigenvalue weighted by Gasteiger charge is -2.07. The molecule has 0 heterocycles. The van der Waals surface area contributed by atoms with Crippen LogP contribution in [0.2, 0.25) is 5.02 Å². The molecule has 0 saturated carbocycles. The van der Waals surface area contributed by atoms with Gasteiger partial charge in [0.2, 0.25) is 0 Å². The number of hydroxylamine groups is 1. The van der Waals surface area contributed by atoms with Crippen molar-refractivity contribution >= 4 is 11.6 Å². The Kier molecular flexibility index (Phi) is 4.13. The van der Waals surface area contributed by atoms with Crippen molar-refractivity contribution in [3.8, 4) is 5.75 Å². The van der Waals surface area contributed by atoms with E-state index in [4.69, 9.17) is 16.3 Å². The molecule has 14 heavy (non-hydrogen) atoms. The molecule has 0 spiro atoms. The number of methoxy groups -OCH3 is 1. The van der Waals surface area contributed by atoms with Crippen LogP contribution >= 0.6 is 11.6 Å².